The highest BCUT2D eigenvalue weighted by atomic mass is 15.2. The van der Waals surface area contributed by atoms with Crippen LogP contribution in [0.2, 0.25) is 0 Å². The fourth-order valence-corrected chi connectivity index (χ4v) is 11.5. The molecule has 0 spiro atoms. The molecular weight excluding hydrogens is 993 g/mol. The van der Waals surface area contributed by atoms with Gasteiger partial charge in [0.2, 0.25) is 0 Å². The normalized spacial score (nSPS) is 14.4. The van der Waals surface area contributed by atoms with Gasteiger partial charge in [0.25, 0.3) is 0 Å². The van der Waals surface area contributed by atoms with Crippen molar-refractivity contribution in [1.29, 1.82) is 0 Å². The van der Waals surface area contributed by atoms with Crippen LogP contribution in [0.3, 0.4) is 0 Å². The number of anilines is 11. The number of para-hydroxylation sites is 5. The van der Waals surface area contributed by atoms with Crippen molar-refractivity contribution in [2.45, 2.75) is 24.8 Å². The van der Waals surface area contributed by atoms with Crippen molar-refractivity contribution in [3.8, 4) is 22.3 Å². The predicted octanol–water partition coefficient (Wildman–Crippen LogP) is 21.6. The summed E-state index contributed by atoms with van der Waals surface area (Å²) in [6, 6.07) is 107. The van der Waals surface area contributed by atoms with Gasteiger partial charge < -0.3 is 19.6 Å². The van der Waals surface area contributed by atoms with Crippen molar-refractivity contribution in [2.75, 3.05) is 19.6 Å². The Morgan fingerprint density at radius 2 is 0.561 bits per heavy atom. The molecule has 82 heavy (non-hydrogen) atoms. The number of hydrogen-bond acceptors (Lipinski definition) is 4. The molecule has 0 radical (unpaired) electrons. The summed E-state index contributed by atoms with van der Waals surface area (Å²) in [5.74, 6) is 0.300. The fourth-order valence-electron chi connectivity index (χ4n) is 11.5. The Kier molecular flexibility index (Phi) is 14.9. The minimum atomic E-state index is 0.262. The minimum Gasteiger partial charge on any atom is -0.334 e. The molecule has 0 aromatic heterocycles. The molecule has 0 N–H and O–H groups in total. The van der Waals surface area contributed by atoms with Gasteiger partial charge in [-0.05, 0) is 185 Å². The van der Waals surface area contributed by atoms with Gasteiger partial charge in [-0.25, -0.2) is 0 Å². The van der Waals surface area contributed by atoms with Crippen LogP contribution < -0.4 is 19.6 Å². The zero-order chi connectivity index (χ0) is 54.9. The average Bonchev–Trinajstić information content (AvgIpc) is 3.76. The Morgan fingerprint density at radius 1 is 0.256 bits per heavy atom. The maximum absolute atomic E-state index is 2.43. The maximum atomic E-state index is 2.43. The van der Waals surface area contributed by atoms with Crippen molar-refractivity contribution in [2.24, 2.45) is 0 Å². The number of hydrogen-bond donors (Lipinski definition) is 0. The summed E-state index contributed by atoms with van der Waals surface area (Å²) in [5, 5.41) is 0. The minimum absolute atomic E-state index is 0.262. The first-order valence-electron chi connectivity index (χ1n) is 28.4. The first-order chi connectivity index (χ1) is 40.7. The Morgan fingerprint density at radius 3 is 0.890 bits per heavy atom. The van der Waals surface area contributed by atoms with Crippen LogP contribution in [0.25, 0.3) is 27.8 Å². The Bertz CT molecular complexity index is 3930. The van der Waals surface area contributed by atoms with E-state index in [1.165, 1.54) is 39.2 Å². The highest BCUT2D eigenvalue weighted by Crippen LogP contribution is 2.42. The zero-order valence-electron chi connectivity index (χ0n) is 45.7. The molecule has 2 atom stereocenters. The number of rotatable bonds is 16. The van der Waals surface area contributed by atoms with Gasteiger partial charge in [0, 0.05) is 68.5 Å². The van der Waals surface area contributed by atoms with E-state index >= 15 is 0 Å². The van der Waals surface area contributed by atoms with Crippen LogP contribution >= 0.6 is 0 Å². The van der Waals surface area contributed by atoms with E-state index in [1.54, 1.807) is 0 Å². The molecule has 4 heteroatoms. The van der Waals surface area contributed by atoms with E-state index in [9.17, 15) is 0 Å². The van der Waals surface area contributed by atoms with E-state index in [1.807, 2.05) is 0 Å². The van der Waals surface area contributed by atoms with Gasteiger partial charge in [-0.2, -0.15) is 0 Å². The second-order valence-corrected chi connectivity index (χ2v) is 20.9. The zero-order valence-corrected chi connectivity index (χ0v) is 45.7. The molecular formula is C78H62N4. The van der Waals surface area contributed by atoms with Crippen LogP contribution in [0.4, 0.5) is 62.6 Å². The van der Waals surface area contributed by atoms with Crippen molar-refractivity contribution in [1.82, 2.24) is 0 Å². The van der Waals surface area contributed by atoms with Crippen LogP contribution in [0, 0.1) is 0 Å². The number of benzene rings is 11. The average molecular weight is 1060 g/mol. The third-order valence-electron chi connectivity index (χ3n) is 15.7. The van der Waals surface area contributed by atoms with Crippen LogP contribution in [0.15, 0.2) is 340 Å². The predicted molar refractivity (Wildman–Crippen MR) is 348 cm³/mol. The lowest BCUT2D eigenvalue weighted by atomic mass is 9.88. The smallest absolute Gasteiger partial charge is 0.0559 e. The molecule has 13 rings (SSSR count). The summed E-state index contributed by atoms with van der Waals surface area (Å²) >= 11 is 0. The highest BCUT2D eigenvalue weighted by molar-refractivity contribution is 5.84. The summed E-state index contributed by atoms with van der Waals surface area (Å²) in [6.07, 6.45) is 17.8. The first-order valence-corrected chi connectivity index (χ1v) is 28.4. The molecule has 2 aliphatic rings. The third kappa shape index (κ3) is 11.1. The van der Waals surface area contributed by atoms with E-state index < -0.39 is 0 Å². The molecule has 0 amide bonds. The molecule has 0 fully saturated rings. The maximum Gasteiger partial charge on any atom is 0.0559 e. The summed E-state index contributed by atoms with van der Waals surface area (Å²) in [5.41, 5.74) is 20.9. The largest absolute Gasteiger partial charge is 0.334 e. The first kappa shape index (κ1) is 51.0. The van der Waals surface area contributed by atoms with Gasteiger partial charge >= 0.3 is 0 Å². The van der Waals surface area contributed by atoms with Gasteiger partial charge in [-0.3, -0.25) is 0 Å². The summed E-state index contributed by atoms with van der Waals surface area (Å²) < 4.78 is 0. The molecule has 0 bridgehead atoms. The monoisotopic (exact) mass is 1050 g/mol. The van der Waals surface area contributed by atoms with Crippen LogP contribution in [0.1, 0.15) is 29.9 Å². The van der Waals surface area contributed by atoms with Crippen molar-refractivity contribution < 1.29 is 0 Å². The SMILES string of the molecule is C1=CCC(N(c2ccccc2)c2ccc(-c3ccc(N(c4ccccc4)c4ccc(-c5ccc(N(c6ccccc6)c6ccc(C7C=CC(c8ccc(N(c9ccccc9)c9ccccc9)cc8)=CC7)cc6)cc5)cc4)cc3)cc2)C=C1. The van der Waals surface area contributed by atoms with Gasteiger partial charge in [0.05, 0.1) is 6.04 Å². The van der Waals surface area contributed by atoms with Crippen LogP contribution in [-0.2, 0) is 0 Å². The Labute approximate surface area is 483 Å². The lowest BCUT2D eigenvalue weighted by Gasteiger charge is -2.32. The van der Waals surface area contributed by atoms with Crippen molar-refractivity contribution >= 4 is 68.1 Å². The van der Waals surface area contributed by atoms with Gasteiger partial charge in [-0.1, -0.05) is 206 Å². The van der Waals surface area contributed by atoms with Crippen molar-refractivity contribution in [3.05, 3.63) is 351 Å². The Balaban J connectivity index is 0.695. The van der Waals surface area contributed by atoms with E-state index in [0.717, 1.165) is 75.2 Å². The third-order valence-corrected chi connectivity index (χ3v) is 15.7. The molecule has 0 saturated heterocycles. The van der Waals surface area contributed by atoms with Crippen molar-refractivity contribution in [3.63, 3.8) is 0 Å². The molecule has 2 unspecified atom stereocenters. The number of nitrogens with zero attached hydrogens (tertiary/aromatic N) is 4. The molecule has 11 aromatic rings. The van der Waals surface area contributed by atoms with Crippen LogP contribution in [0.5, 0.6) is 0 Å². The van der Waals surface area contributed by atoms with E-state index in [2.05, 4.69) is 359 Å². The van der Waals surface area contributed by atoms with Gasteiger partial charge in [-0.15, -0.1) is 0 Å². The van der Waals surface area contributed by atoms with E-state index in [4.69, 9.17) is 0 Å². The highest BCUT2D eigenvalue weighted by Gasteiger charge is 2.21. The molecule has 11 aromatic carbocycles. The molecule has 394 valence electrons. The summed E-state index contributed by atoms with van der Waals surface area (Å²) in [6.45, 7) is 0. The standard InChI is InChI=1S/C78H62N4/c1-7-19-67(20-8-1)79(68-21-9-2-10-22-68)73-47-35-61(36-48-73)59-31-33-60(34-32-59)62-37-51-75(52-38-62)81(71-27-15-5-16-28-71)76-55-43-65(44-56-76)66-45-57-78(58-46-66)82(72-29-17-6-18-30-72)77-53-41-64(42-54-77)63-39-49-74(50-40-63)80(69-23-11-3-12-24-69)70-25-13-4-14-26-70/h1-25,27-33,35-58,60,70H,26,34H2. The molecule has 4 nitrogen and oxygen atoms in total. The molecule has 0 saturated carbocycles. The quantitative estimate of drug-likeness (QED) is 0.0956. The molecule has 0 aliphatic heterocycles. The lowest BCUT2D eigenvalue weighted by molar-refractivity contribution is 0.785. The number of allylic oxidation sites excluding steroid dienone is 6. The fraction of sp³-hybridized carbons (Fsp3) is 0.0513. The summed E-state index contributed by atoms with van der Waals surface area (Å²) in [7, 11) is 0. The van der Waals surface area contributed by atoms with Crippen LogP contribution in [-0.4, -0.2) is 6.04 Å². The van der Waals surface area contributed by atoms with E-state index in [-0.39, 0.29) is 6.04 Å². The topological polar surface area (TPSA) is 13.0 Å². The van der Waals surface area contributed by atoms with E-state index in [0.29, 0.717) is 5.92 Å². The molecule has 2 aliphatic carbocycles. The second-order valence-electron chi connectivity index (χ2n) is 20.9. The second kappa shape index (κ2) is 23.9. The Hall–Kier alpha value is -10.4. The summed E-state index contributed by atoms with van der Waals surface area (Å²) in [4.78, 5) is 9.41. The lowest BCUT2D eigenvalue weighted by Crippen LogP contribution is -2.29. The molecule has 0 heterocycles. The van der Waals surface area contributed by atoms with Gasteiger partial charge in [0.15, 0.2) is 0 Å². The van der Waals surface area contributed by atoms with Gasteiger partial charge in [0.1, 0.15) is 0 Å².